The van der Waals surface area contributed by atoms with Crippen LogP contribution in [0.15, 0.2) is 6.07 Å². The number of ether oxygens (including phenoxy) is 1. The van der Waals surface area contributed by atoms with Crippen molar-refractivity contribution in [3.63, 3.8) is 0 Å². The van der Waals surface area contributed by atoms with E-state index in [2.05, 4.69) is 26.8 Å². The Labute approximate surface area is 178 Å². The summed E-state index contributed by atoms with van der Waals surface area (Å²) in [6, 6.07) is 4.29. The Bertz CT molecular complexity index is 988. The maximum atomic E-state index is 13.9. The molecule has 3 heterocycles. The molecule has 0 atom stereocenters. The summed E-state index contributed by atoms with van der Waals surface area (Å²) >= 11 is 0. The molecule has 2 aromatic heterocycles. The summed E-state index contributed by atoms with van der Waals surface area (Å²) in [4.78, 5) is 20.7. The molecule has 2 aliphatic rings. The molecule has 0 N–H and O–H groups in total. The predicted octanol–water partition coefficient (Wildman–Crippen LogP) is 3.91. The number of aromatic nitrogens is 3. The van der Waals surface area contributed by atoms with Crippen molar-refractivity contribution in [2.75, 3.05) is 19.8 Å². The van der Waals surface area contributed by atoms with E-state index in [0.717, 1.165) is 48.1 Å². The second kappa shape index (κ2) is 7.99. The van der Waals surface area contributed by atoms with Crippen LogP contribution in [0.2, 0.25) is 0 Å². The van der Waals surface area contributed by atoms with Crippen LogP contribution in [0.1, 0.15) is 80.5 Å². The van der Waals surface area contributed by atoms with Gasteiger partial charge in [0.15, 0.2) is 5.65 Å². The average Bonchev–Trinajstić information content (AvgIpc) is 3.51. The minimum Gasteiger partial charge on any atom is -0.381 e. The van der Waals surface area contributed by atoms with Crippen LogP contribution in [0, 0.1) is 18.3 Å². The molecule has 160 valence electrons. The molecule has 1 saturated heterocycles. The number of aryl methyl sites for hydroxylation is 1. The van der Waals surface area contributed by atoms with Gasteiger partial charge >= 0.3 is 0 Å². The Morgan fingerprint density at radius 2 is 2.00 bits per heavy atom. The lowest BCUT2D eigenvalue weighted by molar-refractivity contribution is 0.0297. The lowest BCUT2D eigenvalue weighted by atomic mass is 10.0. The van der Waals surface area contributed by atoms with Crippen LogP contribution in [0.4, 0.5) is 0 Å². The lowest BCUT2D eigenvalue weighted by Gasteiger charge is -2.34. The highest BCUT2D eigenvalue weighted by atomic mass is 16.5. The SMILES string of the molecule is Cc1nn(C(C)(C)C)c2nc(C3CC3)cc(C(=O)N(CCC#N)C3CCOCC3)c12. The van der Waals surface area contributed by atoms with Crippen molar-refractivity contribution in [2.24, 2.45) is 0 Å². The first kappa shape index (κ1) is 20.8. The molecule has 1 aliphatic heterocycles. The van der Waals surface area contributed by atoms with Crippen molar-refractivity contribution in [3.05, 3.63) is 23.0 Å². The maximum Gasteiger partial charge on any atom is 0.255 e. The van der Waals surface area contributed by atoms with Crippen molar-refractivity contribution in [1.29, 1.82) is 5.26 Å². The third kappa shape index (κ3) is 3.93. The Kier molecular flexibility index (Phi) is 5.54. The Hall–Kier alpha value is -2.46. The molecule has 0 bridgehead atoms. The number of amides is 1. The Morgan fingerprint density at radius 3 is 2.60 bits per heavy atom. The van der Waals surface area contributed by atoms with Crippen molar-refractivity contribution in [1.82, 2.24) is 19.7 Å². The molecule has 2 aromatic rings. The van der Waals surface area contributed by atoms with Gasteiger partial charge in [0.05, 0.1) is 34.7 Å². The van der Waals surface area contributed by atoms with E-state index in [1.54, 1.807) is 0 Å². The van der Waals surface area contributed by atoms with Gasteiger partial charge in [-0.3, -0.25) is 4.79 Å². The number of fused-ring (bicyclic) bond motifs is 1. The second-order valence-electron chi connectivity index (χ2n) is 9.49. The number of carbonyl (C=O) groups excluding carboxylic acids is 1. The first-order valence-electron chi connectivity index (χ1n) is 11.0. The maximum absolute atomic E-state index is 13.9. The van der Waals surface area contributed by atoms with Gasteiger partial charge in [0.25, 0.3) is 5.91 Å². The van der Waals surface area contributed by atoms with Crippen molar-refractivity contribution < 1.29 is 9.53 Å². The third-order valence-electron chi connectivity index (χ3n) is 6.05. The molecular formula is C23H31N5O2. The van der Waals surface area contributed by atoms with Crippen molar-refractivity contribution in [2.45, 2.75) is 77.3 Å². The van der Waals surface area contributed by atoms with E-state index < -0.39 is 0 Å². The van der Waals surface area contributed by atoms with Crippen LogP contribution in [0.5, 0.6) is 0 Å². The summed E-state index contributed by atoms with van der Waals surface area (Å²) in [7, 11) is 0. The standard InChI is InChI=1S/C23H31N5O2/c1-15-20-18(22(29)27(11-5-10-24)17-8-12-30-13-9-17)14-19(16-6-7-16)25-21(20)28(26-15)23(2,3)4/h14,16-17H,5-9,11-13H2,1-4H3. The van der Waals surface area contributed by atoms with Crippen molar-refractivity contribution >= 4 is 16.9 Å². The van der Waals surface area contributed by atoms with Gasteiger partial charge in [-0.15, -0.1) is 0 Å². The fraction of sp³-hybridized carbons (Fsp3) is 0.652. The number of hydrogen-bond donors (Lipinski definition) is 0. The zero-order valence-corrected chi connectivity index (χ0v) is 18.4. The first-order valence-corrected chi connectivity index (χ1v) is 11.0. The molecule has 7 nitrogen and oxygen atoms in total. The van der Waals surface area contributed by atoms with E-state index in [-0.39, 0.29) is 17.5 Å². The Balaban J connectivity index is 1.84. The smallest absolute Gasteiger partial charge is 0.255 e. The molecule has 0 spiro atoms. The number of nitrogens with zero attached hydrogens (tertiary/aromatic N) is 5. The summed E-state index contributed by atoms with van der Waals surface area (Å²) < 4.78 is 7.46. The normalized spacial score (nSPS) is 17.8. The zero-order valence-electron chi connectivity index (χ0n) is 18.4. The number of nitriles is 1. The van der Waals surface area contributed by atoms with E-state index in [0.29, 0.717) is 37.7 Å². The third-order valence-corrected chi connectivity index (χ3v) is 6.05. The van der Waals surface area contributed by atoms with E-state index in [1.807, 2.05) is 22.6 Å². The topological polar surface area (TPSA) is 84.0 Å². The molecule has 7 heteroatoms. The van der Waals surface area contributed by atoms with Crippen molar-refractivity contribution in [3.8, 4) is 6.07 Å². The summed E-state index contributed by atoms with van der Waals surface area (Å²) in [5.41, 5.74) is 3.05. The molecule has 1 amide bonds. The number of hydrogen-bond acceptors (Lipinski definition) is 5. The minimum atomic E-state index is -0.233. The van der Waals surface area contributed by atoms with Gasteiger partial charge in [0.1, 0.15) is 0 Å². The van der Waals surface area contributed by atoms with Crippen LogP contribution < -0.4 is 0 Å². The summed E-state index contributed by atoms with van der Waals surface area (Å²) in [6.45, 7) is 10.0. The van der Waals surface area contributed by atoms with Crippen LogP contribution in [0.3, 0.4) is 0 Å². The minimum absolute atomic E-state index is 0.0111. The van der Waals surface area contributed by atoms with E-state index in [9.17, 15) is 4.79 Å². The number of pyridine rings is 1. The first-order chi connectivity index (χ1) is 14.3. The van der Waals surface area contributed by atoms with Crippen LogP contribution in [0.25, 0.3) is 11.0 Å². The van der Waals surface area contributed by atoms with E-state index in [1.165, 1.54) is 0 Å². The molecule has 0 unspecified atom stereocenters. The molecule has 2 fully saturated rings. The van der Waals surface area contributed by atoms with Gasteiger partial charge in [-0.2, -0.15) is 10.4 Å². The molecule has 0 aromatic carbocycles. The summed E-state index contributed by atoms with van der Waals surface area (Å²) in [6.07, 6.45) is 4.18. The summed E-state index contributed by atoms with van der Waals surface area (Å²) in [5.74, 6) is 0.420. The predicted molar refractivity (Wildman–Crippen MR) is 114 cm³/mol. The summed E-state index contributed by atoms with van der Waals surface area (Å²) in [5, 5.41) is 14.8. The molecule has 1 aliphatic carbocycles. The van der Waals surface area contributed by atoms with E-state index >= 15 is 0 Å². The zero-order chi connectivity index (χ0) is 21.5. The van der Waals surface area contributed by atoms with Crippen LogP contribution in [-0.2, 0) is 10.3 Å². The quantitative estimate of drug-likeness (QED) is 0.748. The average molecular weight is 410 g/mol. The number of rotatable bonds is 5. The second-order valence-corrected chi connectivity index (χ2v) is 9.49. The molecule has 30 heavy (non-hydrogen) atoms. The fourth-order valence-electron chi connectivity index (χ4n) is 4.30. The molecule has 1 saturated carbocycles. The largest absolute Gasteiger partial charge is 0.381 e. The molecule has 0 radical (unpaired) electrons. The monoisotopic (exact) mass is 409 g/mol. The highest BCUT2D eigenvalue weighted by Crippen LogP contribution is 2.41. The van der Waals surface area contributed by atoms with Gasteiger partial charge in [-0.25, -0.2) is 9.67 Å². The van der Waals surface area contributed by atoms with E-state index in [4.69, 9.17) is 20.1 Å². The molecule has 4 rings (SSSR count). The number of carbonyl (C=O) groups is 1. The highest BCUT2D eigenvalue weighted by molar-refractivity contribution is 6.06. The van der Waals surface area contributed by atoms with Crippen LogP contribution in [-0.4, -0.2) is 51.4 Å². The Morgan fingerprint density at radius 1 is 1.30 bits per heavy atom. The lowest BCUT2D eigenvalue weighted by Crippen LogP contribution is -2.44. The fourth-order valence-corrected chi connectivity index (χ4v) is 4.30. The van der Waals surface area contributed by atoms with Gasteiger partial charge in [0.2, 0.25) is 0 Å². The van der Waals surface area contributed by atoms with Gasteiger partial charge < -0.3 is 9.64 Å². The van der Waals surface area contributed by atoms with Gasteiger partial charge in [-0.1, -0.05) is 0 Å². The van der Waals surface area contributed by atoms with Gasteiger partial charge in [-0.05, 0) is 59.4 Å². The highest BCUT2D eigenvalue weighted by Gasteiger charge is 2.33. The molecular weight excluding hydrogens is 378 g/mol. The van der Waals surface area contributed by atoms with Crippen LogP contribution >= 0.6 is 0 Å². The van der Waals surface area contributed by atoms with Gasteiger partial charge in [0, 0.05) is 37.4 Å².